The van der Waals surface area contributed by atoms with Crippen LogP contribution in [0.3, 0.4) is 0 Å². The van der Waals surface area contributed by atoms with Gasteiger partial charge < -0.3 is 4.98 Å². The quantitative estimate of drug-likeness (QED) is 0.732. The number of aryl methyl sites for hydroxylation is 1. The number of hydrogen-bond acceptors (Lipinski definition) is 1. The number of imidazole rings is 1. The Kier molecular flexibility index (Phi) is 3.42. The van der Waals surface area contributed by atoms with Crippen molar-refractivity contribution in [3.05, 3.63) is 28.0 Å². The van der Waals surface area contributed by atoms with Gasteiger partial charge in [0.15, 0.2) is 0 Å². The number of nitrogens with zero attached hydrogens (tertiary/aromatic N) is 1. The summed E-state index contributed by atoms with van der Waals surface area (Å²) < 4.78 is 1.13. The van der Waals surface area contributed by atoms with E-state index in [0.29, 0.717) is 5.92 Å². The topological polar surface area (TPSA) is 28.7 Å². The molecule has 1 aromatic heterocycles. The number of benzene rings is 1. The van der Waals surface area contributed by atoms with Gasteiger partial charge in [0.2, 0.25) is 0 Å². The predicted molar refractivity (Wildman–Crippen MR) is 79.0 cm³/mol. The van der Waals surface area contributed by atoms with Crippen molar-refractivity contribution in [3.8, 4) is 0 Å². The summed E-state index contributed by atoms with van der Waals surface area (Å²) in [7, 11) is 0. The molecular formula is C15H19BrN2. The Bertz CT molecular complexity index is 551. The third-order valence-corrected chi connectivity index (χ3v) is 4.46. The van der Waals surface area contributed by atoms with E-state index in [2.05, 4.69) is 40.0 Å². The number of aromatic nitrogens is 2. The molecular weight excluding hydrogens is 288 g/mol. The highest BCUT2D eigenvalue weighted by Gasteiger charge is 2.18. The third-order valence-electron chi connectivity index (χ3n) is 4.00. The zero-order chi connectivity index (χ0) is 12.5. The largest absolute Gasteiger partial charge is 0.342 e. The van der Waals surface area contributed by atoms with E-state index in [-0.39, 0.29) is 0 Å². The van der Waals surface area contributed by atoms with Crippen LogP contribution in [-0.2, 0) is 0 Å². The summed E-state index contributed by atoms with van der Waals surface area (Å²) in [6, 6.07) is 4.27. The van der Waals surface area contributed by atoms with E-state index in [1.54, 1.807) is 0 Å². The Hall–Kier alpha value is -0.830. The number of aromatic amines is 1. The van der Waals surface area contributed by atoms with Crippen molar-refractivity contribution in [2.24, 2.45) is 0 Å². The van der Waals surface area contributed by atoms with Crippen LogP contribution >= 0.6 is 15.9 Å². The lowest BCUT2D eigenvalue weighted by molar-refractivity contribution is 0.567. The van der Waals surface area contributed by atoms with Gasteiger partial charge in [-0.25, -0.2) is 4.98 Å². The van der Waals surface area contributed by atoms with E-state index in [1.807, 2.05) is 0 Å². The van der Waals surface area contributed by atoms with Gasteiger partial charge in [0.1, 0.15) is 5.82 Å². The summed E-state index contributed by atoms with van der Waals surface area (Å²) in [5.41, 5.74) is 3.55. The molecule has 0 radical (unpaired) electrons. The first-order chi connectivity index (χ1) is 8.74. The molecule has 0 saturated heterocycles. The second-order valence-corrected chi connectivity index (χ2v) is 6.35. The predicted octanol–water partition coefficient (Wildman–Crippen LogP) is 5.07. The number of fused-ring (bicyclic) bond motifs is 1. The minimum absolute atomic E-state index is 0.637. The molecule has 1 aliphatic rings. The van der Waals surface area contributed by atoms with Crippen LogP contribution in [0.1, 0.15) is 55.8 Å². The van der Waals surface area contributed by atoms with Crippen LogP contribution in [0, 0.1) is 6.92 Å². The zero-order valence-corrected chi connectivity index (χ0v) is 12.4. The Balaban J connectivity index is 1.99. The summed E-state index contributed by atoms with van der Waals surface area (Å²) in [5, 5.41) is 0. The molecule has 1 N–H and O–H groups in total. The molecule has 0 atom stereocenters. The van der Waals surface area contributed by atoms with Crippen LogP contribution in [0.15, 0.2) is 16.6 Å². The van der Waals surface area contributed by atoms with Gasteiger partial charge in [-0.2, -0.15) is 0 Å². The van der Waals surface area contributed by atoms with E-state index < -0.39 is 0 Å². The van der Waals surface area contributed by atoms with Gasteiger partial charge in [0.05, 0.1) is 11.0 Å². The average Bonchev–Trinajstić information content (AvgIpc) is 2.59. The number of nitrogens with one attached hydrogen (secondary N) is 1. The molecule has 2 nitrogen and oxygen atoms in total. The maximum atomic E-state index is 4.84. The molecule has 0 amide bonds. The van der Waals surface area contributed by atoms with Gasteiger partial charge in [0.25, 0.3) is 0 Å². The molecule has 1 aromatic carbocycles. The average molecular weight is 307 g/mol. The van der Waals surface area contributed by atoms with E-state index >= 15 is 0 Å². The van der Waals surface area contributed by atoms with Crippen molar-refractivity contribution >= 4 is 27.0 Å². The van der Waals surface area contributed by atoms with Crippen LogP contribution in [-0.4, -0.2) is 9.97 Å². The van der Waals surface area contributed by atoms with Gasteiger partial charge in [0, 0.05) is 10.4 Å². The fourth-order valence-electron chi connectivity index (χ4n) is 3.01. The highest BCUT2D eigenvalue weighted by molar-refractivity contribution is 9.10. The number of halogens is 1. The second kappa shape index (κ2) is 5.04. The maximum Gasteiger partial charge on any atom is 0.110 e. The Morgan fingerprint density at radius 2 is 1.89 bits per heavy atom. The molecule has 18 heavy (non-hydrogen) atoms. The summed E-state index contributed by atoms with van der Waals surface area (Å²) in [6.07, 6.45) is 8.07. The lowest BCUT2D eigenvalue weighted by Gasteiger charge is -2.09. The van der Waals surface area contributed by atoms with E-state index in [9.17, 15) is 0 Å². The summed E-state index contributed by atoms with van der Waals surface area (Å²) in [6.45, 7) is 2.13. The Morgan fingerprint density at radius 3 is 2.61 bits per heavy atom. The number of rotatable bonds is 1. The van der Waals surface area contributed by atoms with E-state index in [0.717, 1.165) is 9.99 Å². The van der Waals surface area contributed by atoms with Gasteiger partial charge in [-0.3, -0.25) is 0 Å². The SMILES string of the molecule is Cc1cc(Br)cc2[nH]c(C3CCCCCC3)nc12. The fraction of sp³-hybridized carbons (Fsp3) is 0.533. The van der Waals surface area contributed by atoms with Crippen LogP contribution in [0.4, 0.5) is 0 Å². The first-order valence-electron chi connectivity index (χ1n) is 6.90. The monoisotopic (exact) mass is 306 g/mol. The maximum absolute atomic E-state index is 4.84. The van der Waals surface area contributed by atoms with Crippen molar-refractivity contribution in [3.63, 3.8) is 0 Å². The van der Waals surface area contributed by atoms with Crippen LogP contribution in [0.5, 0.6) is 0 Å². The standard InChI is InChI=1S/C15H19BrN2/c1-10-8-12(16)9-13-14(10)18-15(17-13)11-6-4-2-3-5-7-11/h8-9,11H,2-7H2,1H3,(H,17,18). The summed E-state index contributed by atoms with van der Waals surface area (Å²) in [4.78, 5) is 8.38. The molecule has 0 aliphatic heterocycles. The van der Waals surface area contributed by atoms with Crippen molar-refractivity contribution in [2.45, 2.75) is 51.4 Å². The molecule has 0 spiro atoms. The van der Waals surface area contributed by atoms with Crippen molar-refractivity contribution in [1.29, 1.82) is 0 Å². The van der Waals surface area contributed by atoms with Gasteiger partial charge >= 0.3 is 0 Å². The summed E-state index contributed by atoms with van der Waals surface area (Å²) >= 11 is 3.55. The van der Waals surface area contributed by atoms with Gasteiger partial charge in [-0.1, -0.05) is 41.6 Å². The first-order valence-corrected chi connectivity index (χ1v) is 7.69. The molecule has 1 aliphatic carbocycles. The second-order valence-electron chi connectivity index (χ2n) is 5.43. The number of H-pyrrole nitrogens is 1. The van der Waals surface area contributed by atoms with Crippen molar-refractivity contribution in [2.75, 3.05) is 0 Å². The zero-order valence-electron chi connectivity index (χ0n) is 10.8. The minimum atomic E-state index is 0.637. The van der Waals surface area contributed by atoms with E-state index in [4.69, 9.17) is 4.98 Å². The number of hydrogen-bond donors (Lipinski definition) is 1. The molecule has 1 fully saturated rings. The van der Waals surface area contributed by atoms with Gasteiger partial charge in [-0.05, 0) is 37.5 Å². The lowest BCUT2D eigenvalue weighted by atomic mass is 10.00. The summed E-state index contributed by atoms with van der Waals surface area (Å²) in [5.74, 6) is 1.84. The lowest BCUT2D eigenvalue weighted by Crippen LogP contribution is -1.99. The fourth-order valence-corrected chi connectivity index (χ4v) is 3.58. The normalized spacial score (nSPS) is 18.1. The highest BCUT2D eigenvalue weighted by atomic mass is 79.9. The van der Waals surface area contributed by atoms with Crippen molar-refractivity contribution < 1.29 is 0 Å². The molecule has 3 heteroatoms. The Labute approximate surface area is 116 Å². The van der Waals surface area contributed by atoms with Crippen LogP contribution < -0.4 is 0 Å². The molecule has 0 unspecified atom stereocenters. The minimum Gasteiger partial charge on any atom is -0.342 e. The molecule has 2 aromatic rings. The van der Waals surface area contributed by atoms with Crippen LogP contribution in [0.25, 0.3) is 11.0 Å². The van der Waals surface area contributed by atoms with Crippen molar-refractivity contribution in [1.82, 2.24) is 9.97 Å². The highest BCUT2D eigenvalue weighted by Crippen LogP contribution is 2.32. The smallest absolute Gasteiger partial charge is 0.110 e. The molecule has 96 valence electrons. The molecule has 3 rings (SSSR count). The molecule has 0 bridgehead atoms. The Morgan fingerprint density at radius 1 is 1.17 bits per heavy atom. The van der Waals surface area contributed by atoms with Crippen LogP contribution in [0.2, 0.25) is 0 Å². The first kappa shape index (κ1) is 12.2. The van der Waals surface area contributed by atoms with E-state index in [1.165, 1.54) is 55.4 Å². The van der Waals surface area contributed by atoms with Gasteiger partial charge in [-0.15, -0.1) is 0 Å². The third kappa shape index (κ3) is 2.33. The molecule has 1 saturated carbocycles. The molecule has 1 heterocycles.